The van der Waals surface area contributed by atoms with Crippen LogP contribution in [0.1, 0.15) is 23.0 Å². The van der Waals surface area contributed by atoms with Crippen molar-refractivity contribution in [3.05, 3.63) is 52.0 Å². The lowest BCUT2D eigenvalue weighted by Crippen LogP contribution is -2.26. The average molecular weight is 329 g/mol. The van der Waals surface area contributed by atoms with Crippen LogP contribution in [-0.4, -0.2) is 20.1 Å². The first-order chi connectivity index (χ1) is 9.90. The molecule has 7 heteroatoms. The molecule has 0 aliphatic rings. The predicted molar refractivity (Wildman–Crippen MR) is 80.2 cm³/mol. The highest BCUT2D eigenvalue weighted by molar-refractivity contribution is 7.89. The fourth-order valence-electron chi connectivity index (χ4n) is 1.95. The molecule has 0 saturated heterocycles. The summed E-state index contributed by atoms with van der Waals surface area (Å²) in [7, 11) is -3.70. The summed E-state index contributed by atoms with van der Waals surface area (Å²) >= 11 is 1.42. The molecule has 2 aromatic rings. The number of aliphatic hydroxyl groups is 1. The van der Waals surface area contributed by atoms with Gasteiger partial charge in [0.25, 0.3) is 0 Å². The Kier molecular flexibility index (Phi) is 5.10. The fraction of sp³-hybridized carbons (Fsp3) is 0.286. The van der Waals surface area contributed by atoms with Gasteiger partial charge in [0, 0.05) is 11.4 Å². The molecule has 0 amide bonds. The molecule has 114 valence electrons. The fourth-order valence-corrected chi connectivity index (χ4v) is 3.96. The Morgan fingerprint density at radius 1 is 1.38 bits per heavy atom. The number of aryl methyl sites for hydroxylation is 1. The maximum atomic E-state index is 13.0. The van der Waals surface area contributed by atoms with Gasteiger partial charge < -0.3 is 5.11 Å². The number of thiophene rings is 1. The predicted octanol–water partition coefficient (Wildman–Crippen LogP) is 2.60. The lowest BCUT2D eigenvalue weighted by molar-refractivity contribution is 0.173. The van der Waals surface area contributed by atoms with E-state index in [0.717, 1.165) is 10.9 Å². The number of hydrogen-bond donors (Lipinski definition) is 2. The van der Waals surface area contributed by atoms with Crippen molar-refractivity contribution in [2.45, 2.75) is 24.3 Å². The van der Waals surface area contributed by atoms with Gasteiger partial charge in [-0.2, -0.15) is 0 Å². The first-order valence-corrected chi connectivity index (χ1v) is 8.74. The van der Waals surface area contributed by atoms with Crippen molar-refractivity contribution in [3.63, 3.8) is 0 Å². The number of hydrogen-bond acceptors (Lipinski definition) is 4. The molecule has 0 unspecified atom stereocenters. The van der Waals surface area contributed by atoms with Crippen molar-refractivity contribution in [3.8, 4) is 0 Å². The van der Waals surface area contributed by atoms with Gasteiger partial charge in [-0.05, 0) is 48.6 Å². The van der Waals surface area contributed by atoms with Gasteiger partial charge in [0.05, 0.1) is 11.0 Å². The highest BCUT2D eigenvalue weighted by Crippen LogP contribution is 2.21. The zero-order valence-electron chi connectivity index (χ0n) is 11.4. The third kappa shape index (κ3) is 4.10. The van der Waals surface area contributed by atoms with E-state index in [4.69, 9.17) is 0 Å². The molecular formula is C14H16FNO3S2. The van der Waals surface area contributed by atoms with Crippen LogP contribution in [0, 0.1) is 12.7 Å². The molecule has 1 aromatic carbocycles. The van der Waals surface area contributed by atoms with Crippen molar-refractivity contribution in [2.24, 2.45) is 0 Å². The highest BCUT2D eigenvalue weighted by Gasteiger charge is 2.17. The third-order valence-corrected chi connectivity index (χ3v) is 5.60. The van der Waals surface area contributed by atoms with Crippen molar-refractivity contribution >= 4 is 21.4 Å². The van der Waals surface area contributed by atoms with Crippen LogP contribution < -0.4 is 4.72 Å². The minimum Gasteiger partial charge on any atom is -0.388 e. The normalized spacial score (nSPS) is 13.3. The molecule has 0 saturated carbocycles. The number of rotatable bonds is 6. The van der Waals surface area contributed by atoms with Gasteiger partial charge in [0.2, 0.25) is 10.0 Å². The molecule has 0 aliphatic carbocycles. The Balaban J connectivity index is 1.98. The summed E-state index contributed by atoms with van der Waals surface area (Å²) in [4.78, 5) is 0.849. The number of aliphatic hydroxyl groups excluding tert-OH is 1. The van der Waals surface area contributed by atoms with Crippen molar-refractivity contribution in [1.29, 1.82) is 0 Å². The van der Waals surface area contributed by atoms with Crippen LogP contribution in [0.2, 0.25) is 0 Å². The van der Waals surface area contributed by atoms with Crippen LogP contribution in [0.4, 0.5) is 4.39 Å². The minimum atomic E-state index is -3.70. The summed E-state index contributed by atoms with van der Waals surface area (Å²) in [6.45, 7) is 1.65. The minimum absolute atomic E-state index is 0.0505. The second-order valence-electron chi connectivity index (χ2n) is 4.63. The third-order valence-electron chi connectivity index (χ3n) is 3.01. The van der Waals surface area contributed by atoms with Gasteiger partial charge in [-0.1, -0.05) is 6.07 Å². The molecule has 2 N–H and O–H groups in total. The lowest BCUT2D eigenvalue weighted by Gasteiger charge is -2.11. The quantitative estimate of drug-likeness (QED) is 0.856. The van der Waals surface area contributed by atoms with Crippen LogP contribution in [-0.2, 0) is 10.0 Å². The van der Waals surface area contributed by atoms with Crippen LogP contribution in [0.3, 0.4) is 0 Å². The summed E-state index contributed by atoms with van der Waals surface area (Å²) in [5, 5.41) is 11.7. The van der Waals surface area contributed by atoms with Gasteiger partial charge in [0.15, 0.2) is 0 Å². The van der Waals surface area contributed by atoms with E-state index < -0.39 is 21.9 Å². The molecule has 0 radical (unpaired) electrons. The zero-order valence-corrected chi connectivity index (χ0v) is 13.0. The Bertz CT molecular complexity index is 699. The van der Waals surface area contributed by atoms with Gasteiger partial charge in [-0.25, -0.2) is 17.5 Å². The number of nitrogens with one attached hydrogen (secondary N) is 1. The van der Waals surface area contributed by atoms with Crippen LogP contribution in [0.15, 0.2) is 40.6 Å². The summed E-state index contributed by atoms with van der Waals surface area (Å²) in [6, 6.07) is 7.16. The van der Waals surface area contributed by atoms with E-state index in [1.165, 1.54) is 30.4 Å². The van der Waals surface area contributed by atoms with Crippen molar-refractivity contribution in [1.82, 2.24) is 4.72 Å². The van der Waals surface area contributed by atoms with E-state index >= 15 is 0 Å². The first-order valence-electron chi connectivity index (χ1n) is 6.37. The molecule has 0 aliphatic heterocycles. The maximum absolute atomic E-state index is 13.0. The molecule has 1 heterocycles. The Labute approximate surface area is 127 Å². The van der Waals surface area contributed by atoms with Gasteiger partial charge in [-0.3, -0.25) is 0 Å². The molecule has 2 rings (SSSR count). The summed E-state index contributed by atoms with van der Waals surface area (Å²) in [5.41, 5.74) is 0.348. The van der Waals surface area contributed by atoms with Gasteiger partial charge >= 0.3 is 0 Å². The molecule has 21 heavy (non-hydrogen) atoms. The second-order valence-corrected chi connectivity index (χ2v) is 7.34. The summed E-state index contributed by atoms with van der Waals surface area (Å²) < 4.78 is 39.7. The highest BCUT2D eigenvalue weighted by atomic mass is 32.2. The van der Waals surface area contributed by atoms with E-state index in [9.17, 15) is 17.9 Å². The second kappa shape index (κ2) is 6.65. The topological polar surface area (TPSA) is 66.4 Å². The smallest absolute Gasteiger partial charge is 0.240 e. The standard InChI is InChI=1S/C14H16FNO3S2/c1-10-9-11(15)4-5-14(10)21(18,19)16-7-6-12(17)13-3-2-8-20-13/h2-5,8-9,12,16-17H,6-7H2,1H3/t12-/m1/s1. The SMILES string of the molecule is Cc1cc(F)ccc1S(=O)(=O)NCC[C@@H](O)c1cccs1. The molecule has 0 fully saturated rings. The van der Waals surface area contributed by atoms with Crippen molar-refractivity contribution in [2.75, 3.05) is 6.54 Å². The molecule has 1 aromatic heterocycles. The zero-order chi connectivity index (χ0) is 15.5. The van der Waals surface area contributed by atoms with E-state index in [-0.39, 0.29) is 17.9 Å². The maximum Gasteiger partial charge on any atom is 0.240 e. The van der Waals surface area contributed by atoms with Gasteiger partial charge in [0.1, 0.15) is 5.82 Å². The number of sulfonamides is 1. The van der Waals surface area contributed by atoms with Crippen LogP contribution in [0.25, 0.3) is 0 Å². The monoisotopic (exact) mass is 329 g/mol. The molecule has 1 atom stereocenters. The average Bonchev–Trinajstić information content (AvgIpc) is 2.91. The molecule has 0 bridgehead atoms. The van der Waals surface area contributed by atoms with E-state index in [0.29, 0.717) is 5.56 Å². The Hall–Kier alpha value is -1.28. The van der Waals surface area contributed by atoms with E-state index in [1.807, 2.05) is 11.4 Å². The van der Waals surface area contributed by atoms with E-state index in [2.05, 4.69) is 4.72 Å². The Morgan fingerprint density at radius 2 is 2.14 bits per heavy atom. The molecule has 4 nitrogen and oxygen atoms in total. The van der Waals surface area contributed by atoms with Gasteiger partial charge in [-0.15, -0.1) is 11.3 Å². The lowest BCUT2D eigenvalue weighted by atomic mass is 10.2. The molecule has 0 spiro atoms. The molecular weight excluding hydrogens is 313 g/mol. The van der Waals surface area contributed by atoms with Crippen LogP contribution in [0.5, 0.6) is 0 Å². The van der Waals surface area contributed by atoms with Crippen molar-refractivity contribution < 1.29 is 17.9 Å². The van der Waals surface area contributed by atoms with Crippen LogP contribution >= 0.6 is 11.3 Å². The number of benzene rings is 1. The first kappa shape index (κ1) is 16.1. The largest absolute Gasteiger partial charge is 0.388 e. The number of halogens is 1. The summed E-state index contributed by atoms with van der Waals surface area (Å²) in [6.07, 6.45) is -0.415. The Morgan fingerprint density at radius 3 is 2.76 bits per heavy atom. The summed E-state index contributed by atoms with van der Waals surface area (Å²) in [5.74, 6) is -0.473. The van der Waals surface area contributed by atoms with E-state index in [1.54, 1.807) is 6.07 Å².